The lowest BCUT2D eigenvalue weighted by atomic mass is 10.1. The minimum Gasteiger partial charge on any atom is -0.440 e. The monoisotopic (exact) mass is 370 g/mol. The van der Waals surface area contributed by atoms with Crippen molar-refractivity contribution in [3.63, 3.8) is 0 Å². The number of benzene rings is 1. The molecule has 1 aromatic carbocycles. The fourth-order valence-electron chi connectivity index (χ4n) is 2.14. The molecule has 0 radical (unpaired) electrons. The van der Waals surface area contributed by atoms with Gasteiger partial charge in [0.05, 0.1) is 0 Å². The van der Waals surface area contributed by atoms with Crippen LogP contribution in [-0.4, -0.2) is 28.9 Å². The summed E-state index contributed by atoms with van der Waals surface area (Å²) in [6, 6.07) is 2.11. The van der Waals surface area contributed by atoms with Crippen LogP contribution in [0.4, 0.5) is 26.3 Å². The summed E-state index contributed by atoms with van der Waals surface area (Å²) in [6.07, 6.45) is -12.1. The third-order valence-corrected chi connectivity index (χ3v) is 3.41. The SMILES string of the molecule is CC(C)c1nc2cc(CNC[C@@H](O)C(F)(F)F)cc(C(F)(F)F)c2o1. The fourth-order valence-corrected chi connectivity index (χ4v) is 2.14. The van der Waals surface area contributed by atoms with Gasteiger partial charge < -0.3 is 14.8 Å². The minimum atomic E-state index is -4.80. The summed E-state index contributed by atoms with van der Waals surface area (Å²) in [7, 11) is 0. The molecule has 0 saturated heterocycles. The number of nitrogens with zero attached hydrogens (tertiary/aromatic N) is 1. The molecule has 1 atom stereocenters. The molecule has 2 rings (SSSR count). The molecule has 0 aliphatic rings. The van der Waals surface area contributed by atoms with Gasteiger partial charge in [0.2, 0.25) is 0 Å². The van der Waals surface area contributed by atoms with E-state index >= 15 is 0 Å². The molecule has 1 aromatic heterocycles. The average Bonchev–Trinajstić information content (AvgIpc) is 2.88. The van der Waals surface area contributed by atoms with Crippen LogP contribution in [0.25, 0.3) is 11.1 Å². The first kappa shape index (κ1) is 19.5. The van der Waals surface area contributed by atoms with E-state index in [2.05, 4.69) is 10.3 Å². The highest BCUT2D eigenvalue weighted by atomic mass is 19.4. The summed E-state index contributed by atoms with van der Waals surface area (Å²) in [4.78, 5) is 4.01. The Bertz CT molecular complexity index is 736. The molecule has 140 valence electrons. The number of nitrogens with one attached hydrogen (secondary N) is 1. The average molecular weight is 370 g/mol. The lowest BCUT2D eigenvalue weighted by molar-refractivity contribution is -0.201. The zero-order valence-corrected chi connectivity index (χ0v) is 13.3. The smallest absolute Gasteiger partial charge is 0.420 e. The van der Waals surface area contributed by atoms with E-state index in [4.69, 9.17) is 9.52 Å². The number of aliphatic hydroxyl groups is 1. The number of fused-ring (bicyclic) bond motifs is 1. The maximum Gasteiger partial charge on any atom is 0.420 e. The van der Waals surface area contributed by atoms with Crippen molar-refractivity contribution in [1.82, 2.24) is 10.3 Å². The molecule has 2 aromatic rings. The first-order valence-corrected chi connectivity index (χ1v) is 7.35. The molecule has 0 unspecified atom stereocenters. The van der Waals surface area contributed by atoms with Crippen molar-refractivity contribution in [1.29, 1.82) is 0 Å². The second kappa shape index (κ2) is 6.83. The molecule has 1 heterocycles. The largest absolute Gasteiger partial charge is 0.440 e. The van der Waals surface area contributed by atoms with E-state index in [-0.39, 0.29) is 29.4 Å². The Balaban J connectivity index is 2.29. The van der Waals surface area contributed by atoms with Gasteiger partial charge in [-0.15, -0.1) is 0 Å². The molecule has 0 amide bonds. The maximum atomic E-state index is 13.2. The number of oxazole rings is 1. The van der Waals surface area contributed by atoms with E-state index in [1.165, 1.54) is 6.07 Å². The normalized spacial score (nSPS) is 14.5. The number of aliphatic hydroxyl groups excluding tert-OH is 1. The molecular formula is C15H16F6N2O2. The number of hydrogen-bond donors (Lipinski definition) is 2. The highest BCUT2D eigenvalue weighted by Crippen LogP contribution is 2.37. The van der Waals surface area contributed by atoms with Crippen molar-refractivity contribution in [3.05, 3.63) is 29.2 Å². The van der Waals surface area contributed by atoms with Crippen molar-refractivity contribution in [2.75, 3.05) is 6.54 Å². The number of halogens is 6. The van der Waals surface area contributed by atoms with Gasteiger partial charge in [0.15, 0.2) is 17.6 Å². The Morgan fingerprint density at radius 2 is 1.80 bits per heavy atom. The maximum absolute atomic E-state index is 13.2. The summed E-state index contributed by atoms with van der Waals surface area (Å²) in [5.41, 5.74) is -1.39. The Hall–Kier alpha value is -1.81. The molecule has 0 saturated carbocycles. The fraction of sp³-hybridized carbons (Fsp3) is 0.533. The van der Waals surface area contributed by atoms with Gasteiger partial charge in [0, 0.05) is 19.0 Å². The van der Waals surface area contributed by atoms with Crippen LogP contribution in [0.5, 0.6) is 0 Å². The van der Waals surface area contributed by atoms with Crippen molar-refractivity contribution in [3.8, 4) is 0 Å². The van der Waals surface area contributed by atoms with Crippen LogP contribution in [0.15, 0.2) is 16.5 Å². The van der Waals surface area contributed by atoms with E-state index in [0.29, 0.717) is 0 Å². The van der Waals surface area contributed by atoms with Crippen LogP contribution in [0.1, 0.15) is 36.8 Å². The van der Waals surface area contributed by atoms with Crippen LogP contribution in [0.3, 0.4) is 0 Å². The summed E-state index contributed by atoms with van der Waals surface area (Å²) < 4.78 is 81.5. The predicted molar refractivity (Wildman–Crippen MR) is 76.9 cm³/mol. The van der Waals surface area contributed by atoms with Crippen LogP contribution >= 0.6 is 0 Å². The van der Waals surface area contributed by atoms with E-state index in [0.717, 1.165) is 6.07 Å². The molecule has 2 N–H and O–H groups in total. The van der Waals surface area contributed by atoms with Gasteiger partial charge in [-0.05, 0) is 17.7 Å². The Kier molecular flexibility index (Phi) is 5.33. The number of rotatable bonds is 5. The first-order chi connectivity index (χ1) is 11.4. The lowest BCUT2D eigenvalue weighted by Crippen LogP contribution is -2.38. The summed E-state index contributed by atoms with van der Waals surface area (Å²) in [6.45, 7) is 2.28. The Morgan fingerprint density at radius 3 is 2.32 bits per heavy atom. The third-order valence-electron chi connectivity index (χ3n) is 3.41. The van der Waals surface area contributed by atoms with Gasteiger partial charge >= 0.3 is 12.4 Å². The van der Waals surface area contributed by atoms with Crippen LogP contribution in [0.2, 0.25) is 0 Å². The van der Waals surface area contributed by atoms with E-state index in [1.54, 1.807) is 13.8 Å². The van der Waals surface area contributed by atoms with Crippen LogP contribution in [-0.2, 0) is 12.7 Å². The molecule has 0 bridgehead atoms. The zero-order valence-electron chi connectivity index (χ0n) is 13.3. The minimum absolute atomic E-state index is 0.0216. The van der Waals surface area contributed by atoms with Crippen LogP contribution < -0.4 is 5.32 Å². The van der Waals surface area contributed by atoms with Gasteiger partial charge in [0.1, 0.15) is 11.1 Å². The van der Waals surface area contributed by atoms with E-state index in [9.17, 15) is 26.3 Å². The van der Waals surface area contributed by atoms with Crippen molar-refractivity contribution in [2.24, 2.45) is 0 Å². The van der Waals surface area contributed by atoms with Crippen molar-refractivity contribution in [2.45, 2.75) is 44.8 Å². The third kappa shape index (κ3) is 4.63. The van der Waals surface area contributed by atoms with Gasteiger partial charge in [-0.25, -0.2) is 4.98 Å². The molecule has 0 aliphatic heterocycles. The van der Waals surface area contributed by atoms with Crippen molar-refractivity contribution < 1.29 is 35.9 Å². The standard InChI is InChI=1S/C15H16F6N2O2/c1-7(2)13-23-10-4-8(5-22-6-11(24)15(19,20)21)3-9(12(10)25-13)14(16,17)18/h3-4,7,11,22,24H,5-6H2,1-2H3/t11-/m1/s1. The number of hydrogen-bond acceptors (Lipinski definition) is 4. The molecular weight excluding hydrogens is 354 g/mol. The van der Waals surface area contributed by atoms with E-state index in [1.807, 2.05) is 0 Å². The quantitative estimate of drug-likeness (QED) is 0.782. The van der Waals surface area contributed by atoms with Crippen molar-refractivity contribution >= 4 is 11.1 Å². The highest BCUT2D eigenvalue weighted by molar-refractivity contribution is 5.78. The lowest BCUT2D eigenvalue weighted by Gasteiger charge is -2.15. The Labute approximate surface area is 138 Å². The zero-order chi connectivity index (χ0) is 19.0. The molecule has 4 nitrogen and oxygen atoms in total. The highest BCUT2D eigenvalue weighted by Gasteiger charge is 2.38. The topological polar surface area (TPSA) is 58.3 Å². The molecule has 25 heavy (non-hydrogen) atoms. The van der Waals surface area contributed by atoms with E-state index < -0.39 is 36.1 Å². The number of alkyl halides is 6. The second-order valence-electron chi connectivity index (χ2n) is 5.88. The number of aromatic nitrogens is 1. The Morgan fingerprint density at radius 1 is 1.16 bits per heavy atom. The summed E-state index contributed by atoms with van der Waals surface area (Å²) >= 11 is 0. The van der Waals surface area contributed by atoms with Crippen LogP contribution in [0, 0.1) is 0 Å². The first-order valence-electron chi connectivity index (χ1n) is 7.35. The predicted octanol–water partition coefficient (Wildman–Crippen LogP) is 3.98. The van der Waals surface area contributed by atoms with Gasteiger partial charge in [0.25, 0.3) is 0 Å². The molecule has 0 fully saturated rings. The van der Waals surface area contributed by atoms with Gasteiger partial charge in [-0.3, -0.25) is 0 Å². The summed E-state index contributed by atoms with van der Waals surface area (Å²) in [5.74, 6) is -0.0879. The molecule has 0 aliphatic carbocycles. The van der Waals surface area contributed by atoms with Gasteiger partial charge in [-0.2, -0.15) is 26.3 Å². The molecule has 0 spiro atoms. The molecule has 10 heteroatoms. The second-order valence-corrected chi connectivity index (χ2v) is 5.88. The van der Waals surface area contributed by atoms with Gasteiger partial charge in [-0.1, -0.05) is 13.8 Å². The summed E-state index contributed by atoms with van der Waals surface area (Å²) in [5, 5.41) is 11.2.